The van der Waals surface area contributed by atoms with Gasteiger partial charge >= 0.3 is 0 Å². The SMILES string of the molecule is COc1cc(C#N)ccc1NC(=O)CCC1CCCCN1. The van der Waals surface area contributed by atoms with Crippen molar-refractivity contribution in [1.29, 1.82) is 5.26 Å². The summed E-state index contributed by atoms with van der Waals surface area (Å²) < 4.78 is 5.20. The maximum absolute atomic E-state index is 12.0. The molecule has 0 aromatic heterocycles. The van der Waals surface area contributed by atoms with Crippen LogP contribution >= 0.6 is 0 Å². The third kappa shape index (κ3) is 4.47. The highest BCUT2D eigenvalue weighted by Gasteiger charge is 2.15. The highest BCUT2D eigenvalue weighted by Crippen LogP contribution is 2.25. The van der Waals surface area contributed by atoms with Crippen molar-refractivity contribution < 1.29 is 9.53 Å². The van der Waals surface area contributed by atoms with Crippen LogP contribution in [0.4, 0.5) is 5.69 Å². The maximum Gasteiger partial charge on any atom is 0.224 e. The fourth-order valence-electron chi connectivity index (χ4n) is 2.55. The topological polar surface area (TPSA) is 74.1 Å². The van der Waals surface area contributed by atoms with Crippen molar-refractivity contribution in [2.24, 2.45) is 0 Å². The zero-order valence-corrected chi connectivity index (χ0v) is 12.3. The number of anilines is 1. The van der Waals surface area contributed by atoms with Crippen LogP contribution in [0.5, 0.6) is 5.75 Å². The van der Waals surface area contributed by atoms with E-state index in [4.69, 9.17) is 10.00 Å². The van der Waals surface area contributed by atoms with Crippen LogP contribution in [-0.2, 0) is 4.79 Å². The summed E-state index contributed by atoms with van der Waals surface area (Å²) in [7, 11) is 1.53. The average Bonchev–Trinajstić information content (AvgIpc) is 2.54. The number of rotatable bonds is 5. The van der Waals surface area contributed by atoms with Gasteiger partial charge < -0.3 is 15.4 Å². The zero-order chi connectivity index (χ0) is 15.1. The van der Waals surface area contributed by atoms with Gasteiger partial charge in [0.1, 0.15) is 5.75 Å². The van der Waals surface area contributed by atoms with Gasteiger partial charge in [-0.2, -0.15) is 5.26 Å². The standard InChI is InChI=1S/C16H21N3O2/c1-21-15-10-12(11-17)5-7-14(15)19-16(20)8-6-13-4-2-3-9-18-13/h5,7,10,13,18H,2-4,6,8-9H2,1H3,(H,19,20). The van der Waals surface area contributed by atoms with Crippen molar-refractivity contribution in [2.45, 2.75) is 38.1 Å². The first-order valence-corrected chi connectivity index (χ1v) is 7.34. The largest absolute Gasteiger partial charge is 0.495 e. The Balaban J connectivity index is 1.88. The molecule has 0 saturated carbocycles. The summed E-state index contributed by atoms with van der Waals surface area (Å²) in [6.45, 7) is 1.05. The highest BCUT2D eigenvalue weighted by molar-refractivity contribution is 5.92. The molecule has 5 nitrogen and oxygen atoms in total. The van der Waals surface area contributed by atoms with Gasteiger partial charge in [-0.3, -0.25) is 4.79 Å². The van der Waals surface area contributed by atoms with Crippen LogP contribution in [0.2, 0.25) is 0 Å². The molecule has 1 atom stereocenters. The molecular formula is C16H21N3O2. The minimum Gasteiger partial charge on any atom is -0.495 e. The number of benzene rings is 1. The summed E-state index contributed by atoms with van der Waals surface area (Å²) in [5.41, 5.74) is 1.12. The number of hydrogen-bond donors (Lipinski definition) is 2. The first kappa shape index (κ1) is 15.3. The molecule has 1 aromatic rings. The monoisotopic (exact) mass is 287 g/mol. The van der Waals surface area contributed by atoms with Gasteiger partial charge in [0.25, 0.3) is 0 Å². The zero-order valence-electron chi connectivity index (χ0n) is 12.3. The number of piperidine rings is 1. The third-order valence-corrected chi connectivity index (χ3v) is 3.74. The van der Waals surface area contributed by atoms with Crippen LogP contribution in [0, 0.1) is 11.3 Å². The van der Waals surface area contributed by atoms with Crippen molar-refractivity contribution >= 4 is 11.6 Å². The molecule has 2 rings (SSSR count). The molecule has 5 heteroatoms. The van der Waals surface area contributed by atoms with E-state index in [0.29, 0.717) is 29.5 Å². The number of amides is 1. The Morgan fingerprint density at radius 2 is 2.38 bits per heavy atom. The Morgan fingerprint density at radius 1 is 1.52 bits per heavy atom. The molecule has 21 heavy (non-hydrogen) atoms. The first-order valence-electron chi connectivity index (χ1n) is 7.34. The lowest BCUT2D eigenvalue weighted by molar-refractivity contribution is -0.116. The van der Waals surface area contributed by atoms with Gasteiger partial charge in [-0.15, -0.1) is 0 Å². The average molecular weight is 287 g/mol. The molecular weight excluding hydrogens is 266 g/mol. The third-order valence-electron chi connectivity index (χ3n) is 3.74. The molecule has 1 heterocycles. The predicted molar refractivity (Wildman–Crippen MR) is 81.2 cm³/mol. The number of ether oxygens (including phenoxy) is 1. The number of nitrogens with zero attached hydrogens (tertiary/aromatic N) is 1. The lowest BCUT2D eigenvalue weighted by Crippen LogP contribution is -2.34. The summed E-state index contributed by atoms with van der Waals surface area (Å²) in [6.07, 6.45) is 4.95. The molecule has 0 aliphatic carbocycles. The van der Waals surface area contributed by atoms with Gasteiger partial charge in [-0.05, 0) is 37.9 Å². The highest BCUT2D eigenvalue weighted by atomic mass is 16.5. The van der Waals surface area contributed by atoms with E-state index in [1.165, 1.54) is 20.0 Å². The van der Waals surface area contributed by atoms with E-state index in [1.54, 1.807) is 18.2 Å². The predicted octanol–water partition coefficient (Wildman–Crippen LogP) is 2.43. The number of hydrogen-bond acceptors (Lipinski definition) is 4. The molecule has 1 fully saturated rings. The summed E-state index contributed by atoms with van der Waals surface area (Å²) in [4.78, 5) is 12.0. The lowest BCUT2D eigenvalue weighted by atomic mass is 10.0. The Bertz CT molecular complexity index is 531. The van der Waals surface area contributed by atoms with E-state index in [2.05, 4.69) is 10.6 Å². The number of methoxy groups -OCH3 is 1. The lowest BCUT2D eigenvalue weighted by Gasteiger charge is -2.23. The second-order valence-electron chi connectivity index (χ2n) is 5.26. The molecule has 1 amide bonds. The molecule has 1 saturated heterocycles. The fraction of sp³-hybridized carbons (Fsp3) is 0.500. The van der Waals surface area contributed by atoms with Gasteiger partial charge in [0.2, 0.25) is 5.91 Å². The molecule has 0 spiro atoms. The van der Waals surface area contributed by atoms with Crippen molar-refractivity contribution in [3.05, 3.63) is 23.8 Å². The van der Waals surface area contributed by atoms with E-state index in [1.807, 2.05) is 6.07 Å². The van der Waals surface area contributed by atoms with E-state index >= 15 is 0 Å². The van der Waals surface area contributed by atoms with Crippen LogP contribution < -0.4 is 15.4 Å². The van der Waals surface area contributed by atoms with Gasteiger partial charge in [0, 0.05) is 18.5 Å². The van der Waals surface area contributed by atoms with Crippen molar-refractivity contribution in [2.75, 3.05) is 19.0 Å². The molecule has 0 bridgehead atoms. The summed E-state index contributed by atoms with van der Waals surface area (Å²) in [5.74, 6) is 0.489. The molecule has 1 aromatic carbocycles. The maximum atomic E-state index is 12.0. The fourth-order valence-corrected chi connectivity index (χ4v) is 2.55. The Labute approximate surface area is 125 Å². The van der Waals surface area contributed by atoms with Crippen LogP contribution in [0.15, 0.2) is 18.2 Å². The van der Waals surface area contributed by atoms with Crippen molar-refractivity contribution in [1.82, 2.24) is 5.32 Å². The van der Waals surface area contributed by atoms with Crippen LogP contribution in [0.3, 0.4) is 0 Å². The van der Waals surface area contributed by atoms with Crippen LogP contribution in [0.1, 0.15) is 37.7 Å². The van der Waals surface area contributed by atoms with E-state index in [0.717, 1.165) is 19.4 Å². The Kier molecular flexibility index (Phi) is 5.59. The van der Waals surface area contributed by atoms with E-state index < -0.39 is 0 Å². The van der Waals surface area contributed by atoms with Gasteiger partial charge in [-0.25, -0.2) is 0 Å². The second kappa shape index (κ2) is 7.65. The first-order chi connectivity index (χ1) is 10.2. The van der Waals surface area contributed by atoms with Gasteiger partial charge in [-0.1, -0.05) is 6.42 Å². The van der Waals surface area contributed by atoms with Crippen molar-refractivity contribution in [3.63, 3.8) is 0 Å². The second-order valence-corrected chi connectivity index (χ2v) is 5.26. The number of carbonyl (C=O) groups excluding carboxylic acids is 1. The normalized spacial score (nSPS) is 17.8. The van der Waals surface area contributed by atoms with Crippen LogP contribution in [0.25, 0.3) is 0 Å². The summed E-state index contributed by atoms with van der Waals surface area (Å²) >= 11 is 0. The molecule has 1 aliphatic rings. The Morgan fingerprint density at radius 3 is 3.05 bits per heavy atom. The molecule has 1 aliphatic heterocycles. The summed E-state index contributed by atoms with van der Waals surface area (Å²) in [5, 5.41) is 15.1. The number of nitrogens with one attached hydrogen (secondary N) is 2. The minimum absolute atomic E-state index is 0.0228. The van der Waals surface area contributed by atoms with Crippen LogP contribution in [-0.4, -0.2) is 25.6 Å². The Hall–Kier alpha value is -2.06. The van der Waals surface area contributed by atoms with E-state index in [9.17, 15) is 4.79 Å². The summed E-state index contributed by atoms with van der Waals surface area (Å²) in [6, 6.07) is 7.49. The smallest absolute Gasteiger partial charge is 0.224 e. The number of nitriles is 1. The molecule has 1 unspecified atom stereocenters. The van der Waals surface area contributed by atoms with E-state index in [-0.39, 0.29) is 5.91 Å². The number of carbonyl (C=O) groups is 1. The minimum atomic E-state index is -0.0228. The molecule has 112 valence electrons. The van der Waals surface area contributed by atoms with Gasteiger partial charge in [0.15, 0.2) is 0 Å². The van der Waals surface area contributed by atoms with Crippen molar-refractivity contribution in [3.8, 4) is 11.8 Å². The van der Waals surface area contributed by atoms with Gasteiger partial charge in [0.05, 0.1) is 24.4 Å². The molecule has 0 radical (unpaired) electrons. The molecule has 2 N–H and O–H groups in total. The quantitative estimate of drug-likeness (QED) is 0.872.